The molecular weight excluding hydrogens is 1480 g/mol. The van der Waals surface area contributed by atoms with Gasteiger partial charge in [0.1, 0.15) is 78.0 Å². The molecule has 0 fully saturated rings. The van der Waals surface area contributed by atoms with Crippen LogP contribution < -0.4 is 81.0 Å². The number of rotatable bonds is 49. The molecule has 0 saturated heterocycles. The van der Waals surface area contributed by atoms with Crippen molar-refractivity contribution in [2.45, 2.75) is 205 Å². The summed E-state index contributed by atoms with van der Waals surface area (Å²) < 4.78 is 0. The van der Waals surface area contributed by atoms with E-state index in [9.17, 15) is 97.1 Å². The van der Waals surface area contributed by atoms with Crippen LogP contribution in [0.2, 0.25) is 0 Å². The number of aromatic amines is 2. The summed E-state index contributed by atoms with van der Waals surface area (Å²) in [7, 11) is 0. The molecule has 4 aromatic rings. The summed E-state index contributed by atoms with van der Waals surface area (Å²) in [6.07, 6.45) is 1.96. The molecule has 0 spiro atoms. The molecule has 2 heterocycles. The number of carboxylic acids is 2. The lowest BCUT2D eigenvalue weighted by molar-refractivity contribution is -0.143. The van der Waals surface area contributed by atoms with Crippen LogP contribution in [-0.4, -0.2) is 220 Å². The standard InChI is InChI=1S/C72H105N19O20S/c1-9-38(8)60(91-70(108)59(37(6)7)90-66(104)50(26-40-12-16-44(93)17-13-40)85-68(106)53(32-112)81-56(96)31-78-62(100)49(25-39-10-14-43(92)15-11-39)84-61(99)45(73)18-21-54(74)94)71(109)83-46(19-22-55(75)95)63(101)86-51(27-41-29-76-33-79-41)67(105)89-58(36(4)5)69(107)87-48(24-35(2)3)65(103)82-47(20-23-57(97)98)64(102)88-52(72(110)111)28-42-30-77-34-80-42/h10-17,29-30,33-38,45-53,58-60,92-93,112H,9,18-28,31-32,73H2,1-8H3,(H2,74,94)(H2,75,95)(H,76,79)(H,77,80)(H,78,100)(H,81,96)(H,82,103)(H,83,109)(H,84,99)(H,85,106)(H,86,101)(H,87,107)(H,88,102)(H,89,105)(H,90,104)(H,91,108)(H,97,98)(H,110,111)/t38-,45-,46-,47-,48-,49-,50-,51-,52-,53-,58-,59-,60-/m0/s1. The first-order valence-corrected chi connectivity index (χ1v) is 36.9. The quantitative estimate of drug-likeness (QED) is 0.0190. The number of aromatic hydroxyl groups is 2. The fourth-order valence-corrected chi connectivity index (χ4v) is 11.4. The van der Waals surface area contributed by atoms with Gasteiger partial charge in [0.25, 0.3) is 0 Å². The van der Waals surface area contributed by atoms with Gasteiger partial charge < -0.3 is 111 Å². The SMILES string of the molecule is CC[C@H](C)[C@H](NC(=O)[C@@H](NC(=O)[C@H](Cc1ccc(O)cc1)NC(=O)[C@H](CS)NC(=O)CNC(=O)[C@H](Cc1ccc(O)cc1)NC(=O)[C@@H](N)CCC(N)=O)C(C)C)C(=O)N[C@@H](CCC(N)=O)C(=O)N[C@@H](Cc1c[nH]cn1)C(=O)N[C@H](C(=O)N[C@@H](CC(C)C)C(=O)N[C@@H](CCC(=O)O)C(=O)N[C@@H](Cc1c[nH]cn1)C(=O)O)C(C)C. The van der Waals surface area contributed by atoms with Gasteiger partial charge >= 0.3 is 11.9 Å². The molecule has 2 aromatic heterocycles. The second-order valence-electron chi connectivity index (χ2n) is 28.1. The number of carbonyl (C=O) groups is 16. The molecule has 2 aromatic carbocycles. The van der Waals surface area contributed by atoms with Gasteiger partial charge in [0.2, 0.25) is 82.7 Å². The van der Waals surface area contributed by atoms with Crippen LogP contribution in [-0.2, 0) is 102 Å². The largest absolute Gasteiger partial charge is 0.508 e. The second-order valence-corrected chi connectivity index (χ2v) is 28.4. The first-order chi connectivity index (χ1) is 52.8. The van der Waals surface area contributed by atoms with Crippen molar-refractivity contribution in [1.82, 2.24) is 83.7 Å². The maximum Gasteiger partial charge on any atom is 0.326 e. The van der Waals surface area contributed by atoms with E-state index < -0.39 is 217 Å². The average Bonchev–Trinajstić information content (AvgIpc) is 1.01. The van der Waals surface area contributed by atoms with E-state index in [1.165, 1.54) is 73.6 Å². The molecular formula is C72H105N19O20S. The Balaban J connectivity index is 1.56. The zero-order valence-electron chi connectivity index (χ0n) is 63.5. The molecule has 0 aliphatic heterocycles. The van der Waals surface area contributed by atoms with Crippen LogP contribution in [0.15, 0.2) is 73.6 Å². The highest BCUT2D eigenvalue weighted by Gasteiger charge is 2.39. The first-order valence-electron chi connectivity index (χ1n) is 36.3. The van der Waals surface area contributed by atoms with Gasteiger partial charge in [-0.2, -0.15) is 12.6 Å². The fraction of sp³-hybridized carbons (Fsp3) is 0.528. The Hall–Kier alpha value is -11.7. The van der Waals surface area contributed by atoms with Gasteiger partial charge in [-0.15, -0.1) is 0 Å². The van der Waals surface area contributed by atoms with Gasteiger partial charge in [-0.05, 0) is 84.7 Å². The van der Waals surface area contributed by atoms with Crippen molar-refractivity contribution in [3.8, 4) is 11.5 Å². The molecule has 14 amide bonds. The number of primary amides is 2. The smallest absolute Gasteiger partial charge is 0.326 e. The third-order valence-electron chi connectivity index (χ3n) is 17.7. The zero-order valence-corrected chi connectivity index (χ0v) is 64.4. The Morgan fingerprint density at radius 1 is 0.438 bits per heavy atom. The van der Waals surface area contributed by atoms with Crippen molar-refractivity contribution in [3.63, 3.8) is 0 Å². The summed E-state index contributed by atoms with van der Waals surface area (Å²) in [5.41, 5.74) is 18.1. The average molecular weight is 1590 g/mol. The molecule has 0 bridgehead atoms. The van der Waals surface area contributed by atoms with Crippen LogP contribution >= 0.6 is 12.6 Å². The normalized spacial score (nSPS) is 14.7. The number of thiol groups is 1. The van der Waals surface area contributed by atoms with Crippen LogP contribution in [0, 0.1) is 23.7 Å². The number of amides is 14. The Labute approximate surface area is 651 Å². The molecule has 39 nitrogen and oxygen atoms in total. The minimum atomic E-state index is -1.68. The monoisotopic (exact) mass is 1590 g/mol. The van der Waals surface area contributed by atoms with Gasteiger partial charge in [-0.1, -0.05) is 86.1 Å². The maximum absolute atomic E-state index is 14.7. The molecule has 0 unspecified atom stereocenters. The lowest BCUT2D eigenvalue weighted by Crippen LogP contribution is -2.62. The minimum absolute atomic E-state index is 0.0717. The predicted molar refractivity (Wildman–Crippen MR) is 404 cm³/mol. The van der Waals surface area contributed by atoms with Crippen molar-refractivity contribution in [2.24, 2.45) is 40.9 Å². The maximum atomic E-state index is 14.7. The van der Waals surface area contributed by atoms with Gasteiger partial charge in [-0.3, -0.25) is 71.9 Å². The number of hydrogen-bond acceptors (Lipinski definition) is 22. The molecule has 0 saturated carbocycles. The topological polar surface area (TPSA) is 634 Å². The number of benzene rings is 2. The number of H-pyrrole nitrogens is 2. The number of carbonyl (C=O) groups excluding carboxylic acids is 14. The summed E-state index contributed by atoms with van der Waals surface area (Å²) in [5.74, 6) is -19.0. The van der Waals surface area contributed by atoms with Crippen molar-refractivity contribution in [2.75, 3.05) is 12.3 Å². The van der Waals surface area contributed by atoms with Crippen LogP contribution in [0.5, 0.6) is 11.5 Å². The van der Waals surface area contributed by atoms with Crippen LogP contribution in [0.1, 0.15) is 129 Å². The second kappa shape index (κ2) is 46.1. The van der Waals surface area contributed by atoms with E-state index in [1.807, 2.05) is 0 Å². The lowest BCUT2D eigenvalue weighted by atomic mass is 9.95. The Kier molecular flexibility index (Phi) is 38.1. The Morgan fingerprint density at radius 2 is 0.812 bits per heavy atom. The number of hydrogen-bond donors (Lipinski definition) is 22. The number of carboxylic acid groups (broad SMARTS) is 2. The lowest BCUT2D eigenvalue weighted by Gasteiger charge is -2.31. The predicted octanol–water partition coefficient (Wildman–Crippen LogP) is -3.59. The van der Waals surface area contributed by atoms with Crippen LogP contribution in [0.25, 0.3) is 0 Å². The summed E-state index contributed by atoms with van der Waals surface area (Å²) in [5, 5.41) is 69.7. The summed E-state index contributed by atoms with van der Waals surface area (Å²) >= 11 is 4.26. The van der Waals surface area contributed by atoms with E-state index in [2.05, 4.69) is 96.4 Å². The third-order valence-corrected chi connectivity index (χ3v) is 18.1. The van der Waals surface area contributed by atoms with Gasteiger partial charge in [0.15, 0.2) is 0 Å². The molecule has 112 heavy (non-hydrogen) atoms. The summed E-state index contributed by atoms with van der Waals surface area (Å²) in [6.45, 7) is 12.2. The van der Waals surface area contributed by atoms with E-state index in [1.54, 1.807) is 55.4 Å². The first kappa shape index (κ1) is 92.7. The number of aromatic nitrogens is 4. The van der Waals surface area contributed by atoms with Crippen molar-refractivity contribution in [1.29, 1.82) is 0 Å². The zero-order chi connectivity index (χ0) is 83.6. The van der Waals surface area contributed by atoms with E-state index in [0.29, 0.717) is 11.1 Å². The van der Waals surface area contributed by atoms with Gasteiger partial charge in [0.05, 0.1) is 36.6 Å². The minimum Gasteiger partial charge on any atom is -0.508 e. The molecule has 0 aliphatic carbocycles. The number of nitrogens with two attached hydrogens (primary N) is 3. The fourth-order valence-electron chi connectivity index (χ4n) is 11.2. The Morgan fingerprint density at radius 3 is 1.25 bits per heavy atom. The molecule has 13 atom stereocenters. The van der Waals surface area contributed by atoms with E-state index >= 15 is 0 Å². The van der Waals surface area contributed by atoms with Crippen molar-refractivity contribution in [3.05, 3.63) is 96.1 Å². The van der Waals surface area contributed by atoms with E-state index in [0.717, 1.165) is 0 Å². The van der Waals surface area contributed by atoms with E-state index in [-0.39, 0.29) is 85.9 Å². The van der Waals surface area contributed by atoms with Crippen molar-refractivity contribution < 1.29 is 97.1 Å². The number of aliphatic carboxylic acids is 2. The molecule has 614 valence electrons. The molecule has 0 radical (unpaired) electrons. The number of phenols is 2. The summed E-state index contributed by atoms with van der Waals surface area (Å²) in [4.78, 5) is 231. The molecule has 40 heteroatoms. The van der Waals surface area contributed by atoms with Gasteiger partial charge in [-0.25, -0.2) is 14.8 Å². The van der Waals surface area contributed by atoms with Crippen LogP contribution in [0.3, 0.4) is 0 Å². The number of nitrogens with one attached hydrogen (secondary N) is 14. The summed E-state index contributed by atoms with van der Waals surface area (Å²) in [6, 6.07) is -6.80. The third kappa shape index (κ3) is 32.1. The highest BCUT2D eigenvalue weighted by Crippen LogP contribution is 2.18. The number of phenolic OH excluding ortho intramolecular Hbond substituents is 2. The number of imidazole rings is 2. The number of nitrogens with zero attached hydrogens (tertiary/aromatic N) is 2. The van der Waals surface area contributed by atoms with Gasteiger partial charge in [0, 0.05) is 63.1 Å². The molecule has 0 aliphatic rings. The highest BCUT2D eigenvalue weighted by molar-refractivity contribution is 7.80. The van der Waals surface area contributed by atoms with Crippen LogP contribution in [0.4, 0.5) is 0 Å². The van der Waals surface area contributed by atoms with Crippen molar-refractivity contribution >= 4 is 107 Å². The highest BCUT2D eigenvalue weighted by atomic mass is 32.1. The molecule has 4 rings (SSSR count). The molecule has 24 N–H and O–H groups in total. The van der Waals surface area contributed by atoms with E-state index in [4.69, 9.17) is 17.2 Å². The Bertz CT molecular complexity index is 3870.